The van der Waals surface area contributed by atoms with Crippen molar-refractivity contribution in [3.63, 3.8) is 0 Å². The molecule has 0 atom stereocenters. The maximum absolute atomic E-state index is 0. The second kappa shape index (κ2) is 35.5. The minimum atomic E-state index is 0. The molecule has 0 nitrogen and oxygen atoms in total. The van der Waals surface area contributed by atoms with E-state index in [9.17, 15) is 0 Å². The summed E-state index contributed by atoms with van der Waals surface area (Å²) < 4.78 is 0. The third-order valence-corrected chi connectivity index (χ3v) is 0. The van der Waals surface area contributed by atoms with Crippen LogP contribution in [0.15, 0.2) is 0 Å². The molecule has 6 heavy (non-hydrogen) atoms. The quantitative estimate of drug-likeness (QED) is 0.296. The van der Waals surface area contributed by atoms with Crippen LogP contribution < -0.4 is 0 Å². The molecule has 0 amide bonds. The van der Waals surface area contributed by atoms with Crippen LogP contribution >= 0.6 is 0 Å². The third kappa shape index (κ3) is 24.3. The van der Waals surface area contributed by atoms with Crippen molar-refractivity contribution in [3.05, 3.63) is 0 Å². The molecule has 0 bridgehead atoms. The van der Waals surface area contributed by atoms with Crippen molar-refractivity contribution in [3.8, 4) is 0 Å². The molecule has 0 aliphatic rings. The van der Waals surface area contributed by atoms with Gasteiger partial charge in [-0.15, -0.1) is 0 Å². The third-order valence-electron chi connectivity index (χ3n) is 0. The van der Waals surface area contributed by atoms with Crippen molar-refractivity contribution in [2.45, 2.75) is 0 Å². The van der Waals surface area contributed by atoms with E-state index in [1.165, 1.54) is 0 Å². The average molecular weight is 556 g/mol. The van der Waals surface area contributed by atoms with Gasteiger partial charge in [-0.2, -0.15) is 0 Å². The fourth-order valence-electron chi connectivity index (χ4n) is 0. The first kappa shape index (κ1) is 49.7. The van der Waals surface area contributed by atoms with Gasteiger partial charge in [0.1, 0.15) is 0 Å². The molecule has 0 spiro atoms. The molecule has 0 aromatic heterocycles. The second-order valence-electron chi connectivity index (χ2n) is 0. The van der Waals surface area contributed by atoms with Crippen molar-refractivity contribution in [2.75, 3.05) is 0 Å². The van der Waals surface area contributed by atoms with E-state index in [-0.39, 0.29) is 126 Å². The summed E-state index contributed by atoms with van der Waals surface area (Å²) >= 11 is 0. The van der Waals surface area contributed by atoms with Gasteiger partial charge < -0.3 is 0 Å². The zero-order chi connectivity index (χ0) is 0. The Bertz CT molecular complexity index is 3.90. The van der Waals surface area contributed by atoms with Crippen LogP contribution in [0.2, 0.25) is 0 Å². The molecule has 0 saturated heterocycles. The van der Waals surface area contributed by atoms with Gasteiger partial charge in [0.15, 0.2) is 0 Å². The van der Waals surface area contributed by atoms with E-state index in [4.69, 9.17) is 0 Å². The molecule has 0 aliphatic carbocycles. The monoisotopic (exact) mass is 553 g/mol. The Balaban J connectivity index is 0. The fraction of sp³-hybridized carbons (Fsp3) is 0. The van der Waals surface area contributed by atoms with Gasteiger partial charge in [0.25, 0.3) is 0 Å². The van der Waals surface area contributed by atoms with Crippen LogP contribution in [0, 0.1) is 0 Å². The van der Waals surface area contributed by atoms with Crippen LogP contribution in [-0.4, -0.2) is 126 Å². The summed E-state index contributed by atoms with van der Waals surface area (Å²) in [6.07, 6.45) is 0. The molecule has 0 unspecified atom stereocenters. The first-order valence-electron chi connectivity index (χ1n) is 0. The predicted octanol–water partition coefficient (Wildman–Crippen LogP) is -2.28. The Morgan fingerprint density at radius 1 is 0.333 bits per heavy atom. The van der Waals surface area contributed by atoms with Gasteiger partial charge in [-0.05, 0) is 0 Å². The molecule has 0 fully saturated rings. The van der Waals surface area contributed by atoms with Crippen molar-refractivity contribution < 1.29 is 0 Å². The molecular formula is Ga5Pb. The first-order chi connectivity index (χ1) is 0. The SMILES string of the molecule is [Ga].[Ga].[Ga].[Ga].[Ga].[Pb]. The minimum absolute atomic E-state index is 0. The van der Waals surface area contributed by atoms with E-state index >= 15 is 0 Å². The van der Waals surface area contributed by atoms with Crippen LogP contribution in [-0.2, 0) is 0 Å². The van der Waals surface area contributed by atoms with E-state index in [0.29, 0.717) is 0 Å². The van der Waals surface area contributed by atoms with Gasteiger partial charge in [0.2, 0.25) is 0 Å². The smallest absolute Gasteiger partial charge is 0 e. The Hall–Kier alpha value is 4.10. The summed E-state index contributed by atoms with van der Waals surface area (Å²) in [6, 6.07) is 0. The molecule has 0 N–H and O–H groups in total. The first-order valence-corrected chi connectivity index (χ1v) is 0. The van der Waals surface area contributed by atoms with Crippen molar-refractivity contribution in [1.29, 1.82) is 0 Å². The van der Waals surface area contributed by atoms with Gasteiger partial charge >= 0.3 is 0 Å². The van der Waals surface area contributed by atoms with Crippen LogP contribution in [0.1, 0.15) is 0 Å². The van der Waals surface area contributed by atoms with E-state index in [1.54, 1.807) is 0 Å². The summed E-state index contributed by atoms with van der Waals surface area (Å²) in [5, 5.41) is 0. The molecular weight excluding hydrogens is 556 g/mol. The van der Waals surface area contributed by atoms with E-state index in [2.05, 4.69) is 0 Å². The van der Waals surface area contributed by atoms with E-state index in [1.807, 2.05) is 0 Å². The Labute approximate surface area is 124 Å². The van der Waals surface area contributed by atoms with Gasteiger partial charge in [-0.1, -0.05) is 0 Å². The average Bonchev–Trinajstić information content (AvgIpc) is 0. The standard InChI is InChI=1S/5Ga.Pb. The topological polar surface area (TPSA) is 0 Å². The molecule has 0 saturated carbocycles. The van der Waals surface area contributed by atoms with Gasteiger partial charge in [0.05, 0.1) is 0 Å². The normalized spacial score (nSPS) is 0. The molecule has 0 aromatic carbocycles. The molecule has 6 heteroatoms. The molecule has 0 aromatic rings. The van der Waals surface area contributed by atoms with Crippen LogP contribution in [0.5, 0.6) is 0 Å². The Morgan fingerprint density at radius 2 is 0.333 bits per heavy atom. The maximum Gasteiger partial charge on any atom is 0 e. The number of hydrogen-bond donors (Lipinski definition) is 0. The van der Waals surface area contributed by atoms with E-state index in [0.717, 1.165) is 0 Å². The fourth-order valence-corrected chi connectivity index (χ4v) is 0. The van der Waals surface area contributed by atoms with Gasteiger partial charge in [-0.3, -0.25) is 0 Å². The minimum Gasteiger partial charge on any atom is 0 e. The van der Waals surface area contributed by atoms with Crippen LogP contribution in [0.4, 0.5) is 0 Å². The predicted molar refractivity (Wildman–Crippen MR) is 34.5 cm³/mol. The molecule has 0 rings (SSSR count). The zero-order valence-electron chi connectivity index (χ0n) is 3.39. The summed E-state index contributed by atoms with van der Waals surface area (Å²) in [6.45, 7) is 0. The molecule has 19 valence electrons. The van der Waals surface area contributed by atoms with Gasteiger partial charge in [0, 0.05) is 126 Å². The summed E-state index contributed by atoms with van der Waals surface area (Å²) in [5.74, 6) is 0. The largest absolute Gasteiger partial charge is 0 e. The second-order valence-corrected chi connectivity index (χ2v) is 0. The summed E-state index contributed by atoms with van der Waals surface area (Å²) in [5.41, 5.74) is 0. The zero-order valence-corrected chi connectivity index (χ0v) is 19.4. The maximum atomic E-state index is 0. The number of hydrogen-bond acceptors (Lipinski definition) is 0. The van der Waals surface area contributed by atoms with Gasteiger partial charge in [-0.25, -0.2) is 0 Å². The van der Waals surface area contributed by atoms with Crippen LogP contribution in [0.3, 0.4) is 0 Å². The van der Waals surface area contributed by atoms with Crippen molar-refractivity contribution >= 4 is 126 Å². The Morgan fingerprint density at radius 3 is 0.333 bits per heavy atom. The van der Waals surface area contributed by atoms with Crippen molar-refractivity contribution in [2.24, 2.45) is 0 Å². The summed E-state index contributed by atoms with van der Waals surface area (Å²) in [7, 11) is 0. The molecule has 19 radical (unpaired) electrons. The molecule has 0 heterocycles. The Kier molecular flexibility index (Phi) is 294. The van der Waals surface area contributed by atoms with Crippen molar-refractivity contribution in [1.82, 2.24) is 0 Å². The number of rotatable bonds is 0. The van der Waals surface area contributed by atoms with E-state index < -0.39 is 0 Å². The van der Waals surface area contributed by atoms with Crippen LogP contribution in [0.25, 0.3) is 0 Å². The molecule has 0 aliphatic heterocycles. The summed E-state index contributed by atoms with van der Waals surface area (Å²) in [4.78, 5) is 0.